The fourth-order valence-electron chi connectivity index (χ4n) is 3.96. The lowest BCUT2D eigenvalue weighted by Crippen LogP contribution is -2.67. The number of nitrogens with zero attached hydrogens (tertiary/aromatic N) is 3. The summed E-state index contributed by atoms with van der Waals surface area (Å²) in [6, 6.07) is 4.32. The largest absolute Gasteiger partial charge is 0.340 e. The number of piperazine rings is 1. The molecule has 1 aromatic rings. The van der Waals surface area contributed by atoms with Crippen molar-refractivity contribution in [3.8, 4) is 0 Å². The molecular formula is C18H29N3OS. The first kappa shape index (κ1) is 16.9. The second-order valence-corrected chi connectivity index (χ2v) is 8.49. The van der Waals surface area contributed by atoms with E-state index in [1.54, 1.807) is 0 Å². The van der Waals surface area contributed by atoms with Gasteiger partial charge in [-0.15, -0.1) is 11.3 Å². The highest BCUT2D eigenvalue weighted by molar-refractivity contribution is 7.09. The van der Waals surface area contributed by atoms with Gasteiger partial charge >= 0.3 is 0 Å². The third-order valence-corrected chi connectivity index (χ3v) is 6.21. The molecule has 0 unspecified atom stereocenters. The quantitative estimate of drug-likeness (QED) is 0.846. The Morgan fingerprint density at radius 1 is 1.22 bits per heavy atom. The molecule has 2 fully saturated rings. The molecule has 1 spiro atoms. The van der Waals surface area contributed by atoms with Gasteiger partial charge in [-0.2, -0.15) is 0 Å². The summed E-state index contributed by atoms with van der Waals surface area (Å²) in [5.41, 5.74) is -0.251. The molecule has 5 heteroatoms. The van der Waals surface area contributed by atoms with Crippen molar-refractivity contribution in [2.24, 2.45) is 5.92 Å². The lowest BCUT2D eigenvalue weighted by atomic mass is 9.82. The smallest absolute Gasteiger partial charge is 0.243 e. The average Bonchev–Trinajstić information content (AvgIpc) is 3.03. The van der Waals surface area contributed by atoms with Crippen molar-refractivity contribution in [2.45, 2.75) is 38.8 Å². The van der Waals surface area contributed by atoms with Gasteiger partial charge < -0.3 is 4.90 Å². The van der Waals surface area contributed by atoms with Gasteiger partial charge in [0.05, 0.1) is 0 Å². The molecule has 0 saturated carbocycles. The molecule has 2 aliphatic rings. The van der Waals surface area contributed by atoms with Crippen LogP contribution in [0.2, 0.25) is 0 Å². The fourth-order valence-corrected chi connectivity index (χ4v) is 4.70. The minimum absolute atomic E-state index is 0.251. The van der Waals surface area contributed by atoms with Crippen molar-refractivity contribution >= 4 is 17.2 Å². The van der Waals surface area contributed by atoms with Gasteiger partial charge in [-0.05, 0) is 37.3 Å². The Kier molecular flexibility index (Phi) is 5.09. The van der Waals surface area contributed by atoms with Crippen molar-refractivity contribution in [2.75, 3.05) is 39.8 Å². The first-order chi connectivity index (χ1) is 11.0. The number of carbonyl (C=O) groups excluding carboxylic acids is 1. The van der Waals surface area contributed by atoms with E-state index < -0.39 is 0 Å². The second-order valence-electron chi connectivity index (χ2n) is 7.45. The Balaban J connectivity index is 1.65. The van der Waals surface area contributed by atoms with Gasteiger partial charge in [0.25, 0.3) is 0 Å². The highest BCUT2D eigenvalue weighted by atomic mass is 32.1. The van der Waals surface area contributed by atoms with Gasteiger partial charge in [0.2, 0.25) is 5.91 Å². The number of piperidine rings is 1. The summed E-state index contributed by atoms with van der Waals surface area (Å²) in [6.45, 7) is 10.2. The Labute approximate surface area is 144 Å². The van der Waals surface area contributed by atoms with Crippen molar-refractivity contribution in [1.29, 1.82) is 0 Å². The molecule has 4 nitrogen and oxygen atoms in total. The van der Waals surface area contributed by atoms with Gasteiger partial charge in [0.1, 0.15) is 5.54 Å². The summed E-state index contributed by atoms with van der Waals surface area (Å²) >= 11 is 1.82. The molecular weight excluding hydrogens is 306 g/mol. The summed E-state index contributed by atoms with van der Waals surface area (Å²) < 4.78 is 0. The number of hydrogen-bond acceptors (Lipinski definition) is 4. The van der Waals surface area contributed by atoms with E-state index in [4.69, 9.17) is 0 Å². The number of thiophene rings is 1. The molecule has 0 aromatic carbocycles. The number of likely N-dealkylation sites (tertiary alicyclic amines) is 1. The maximum absolute atomic E-state index is 13.1. The lowest BCUT2D eigenvalue weighted by molar-refractivity contribution is -0.155. The molecule has 2 saturated heterocycles. The molecule has 2 aliphatic heterocycles. The molecule has 0 radical (unpaired) electrons. The van der Waals surface area contributed by atoms with E-state index in [0.717, 1.165) is 52.1 Å². The molecule has 3 rings (SSSR count). The van der Waals surface area contributed by atoms with Crippen LogP contribution in [-0.4, -0.2) is 65.9 Å². The molecule has 0 N–H and O–H groups in total. The molecule has 0 aliphatic carbocycles. The zero-order chi connectivity index (χ0) is 16.4. The minimum Gasteiger partial charge on any atom is -0.340 e. The predicted molar refractivity (Wildman–Crippen MR) is 95.6 cm³/mol. The average molecular weight is 336 g/mol. The summed E-state index contributed by atoms with van der Waals surface area (Å²) in [6.07, 6.45) is 1.92. The normalized spacial score (nSPS) is 23.1. The number of carbonyl (C=O) groups is 1. The third kappa shape index (κ3) is 3.47. The zero-order valence-corrected chi connectivity index (χ0v) is 15.4. The van der Waals surface area contributed by atoms with Gasteiger partial charge in [0.15, 0.2) is 0 Å². The summed E-state index contributed by atoms with van der Waals surface area (Å²) in [7, 11) is 2.14. The van der Waals surface area contributed by atoms with Crippen LogP contribution in [0.3, 0.4) is 0 Å². The van der Waals surface area contributed by atoms with E-state index in [2.05, 4.69) is 53.1 Å². The Morgan fingerprint density at radius 2 is 1.96 bits per heavy atom. The van der Waals surface area contributed by atoms with Crippen LogP contribution in [0.1, 0.15) is 31.6 Å². The minimum atomic E-state index is -0.251. The van der Waals surface area contributed by atoms with E-state index in [-0.39, 0.29) is 5.54 Å². The third-order valence-electron chi connectivity index (χ3n) is 5.35. The Hall–Kier alpha value is -0.910. The van der Waals surface area contributed by atoms with E-state index in [1.807, 2.05) is 11.3 Å². The van der Waals surface area contributed by atoms with Crippen LogP contribution < -0.4 is 0 Å². The summed E-state index contributed by atoms with van der Waals surface area (Å²) in [4.78, 5) is 21.5. The maximum atomic E-state index is 13.1. The van der Waals surface area contributed by atoms with Crippen molar-refractivity contribution in [3.05, 3.63) is 22.4 Å². The second kappa shape index (κ2) is 6.91. The number of hydrogen-bond donors (Lipinski definition) is 0. The number of likely N-dealkylation sites (N-methyl/N-ethyl adjacent to an activating group) is 1. The lowest BCUT2D eigenvalue weighted by Gasteiger charge is -2.52. The molecule has 3 heterocycles. The van der Waals surface area contributed by atoms with Crippen LogP contribution in [0.5, 0.6) is 0 Å². The van der Waals surface area contributed by atoms with Gasteiger partial charge in [-0.1, -0.05) is 19.9 Å². The highest BCUT2D eigenvalue weighted by Gasteiger charge is 2.49. The monoisotopic (exact) mass is 335 g/mol. The number of rotatable bonds is 4. The van der Waals surface area contributed by atoms with E-state index in [9.17, 15) is 4.79 Å². The highest BCUT2D eigenvalue weighted by Crippen LogP contribution is 2.33. The Bertz CT molecular complexity index is 520. The van der Waals surface area contributed by atoms with E-state index in [0.29, 0.717) is 11.8 Å². The van der Waals surface area contributed by atoms with Crippen LogP contribution in [0.4, 0.5) is 0 Å². The first-order valence-corrected chi connectivity index (χ1v) is 9.64. The van der Waals surface area contributed by atoms with Crippen molar-refractivity contribution < 1.29 is 4.79 Å². The Morgan fingerprint density at radius 3 is 2.57 bits per heavy atom. The van der Waals surface area contributed by atoms with Gasteiger partial charge in [-0.3, -0.25) is 14.6 Å². The number of amides is 1. The topological polar surface area (TPSA) is 26.8 Å². The zero-order valence-electron chi connectivity index (χ0n) is 14.6. The molecule has 0 atom stereocenters. The first-order valence-electron chi connectivity index (χ1n) is 8.76. The standard InChI is InChI=1S/C18H29N3OS/c1-15(2)13-21-11-10-19(3)18(17(21)22)6-8-20(9-7-18)14-16-5-4-12-23-16/h4-5,12,15H,6-11,13-14H2,1-3H3. The van der Waals surface area contributed by atoms with Crippen LogP contribution >= 0.6 is 11.3 Å². The summed E-state index contributed by atoms with van der Waals surface area (Å²) in [5.74, 6) is 0.911. The molecule has 0 bridgehead atoms. The van der Waals surface area contributed by atoms with Crippen molar-refractivity contribution in [3.63, 3.8) is 0 Å². The van der Waals surface area contributed by atoms with Crippen molar-refractivity contribution in [1.82, 2.24) is 14.7 Å². The molecule has 23 heavy (non-hydrogen) atoms. The van der Waals surface area contributed by atoms with E-state index in [1.165, 1.54) is 4.88 Å². The van der Waals surface area contributed by atoms with Crippen LogP contribution in [-0.2, 0) is 11.3 Å². The molecule has 1 aromatic heterocycles. The van der Waals surface area contributed by atoms with Gasteiger partial charge in [-0.25, -0.2) is 0 Å². The van der Waals surface area contributed by atoms with Crippen LogP contribution in [0, 0.1) is 5.92 Å². The maximum Gasteiger partial charge on any atom is 0.243 e. The SMILES string of the molecule is CC(C)CN1CCN(C)C2(CCN(Cc3cccs3)CC2)C1=O. The molecule has 1 amide bonds. The fraction of sp³-hybridized carbons (Fsp3) is 0.722. The van der Waals surface area contributed by atoms with Crippen LogP contribution in [0.25, 0.3) is 0 Å². The predicted octanol–water partition coefficient (Wildman–Crippen LogP) is 2.51. The van der Waals surface area contributed by atoms with Gasteiger partial charge in [0, 0.05) is 44.1 Å². The summed E-state index contributed by atoms with van der Waals surface area (Å²) in [5, 5.41) is 2.14. The molecule has 128 valence electrons. The van der Waals surface area contributed by atoms with Crippen LogP contribution in [0.15, 0.2) is 17.5 Å². The van der Waals surface area contributed by atoms with E-state index >= 15 is 0 Å².